The van der Waals surface area contributed by atoms with Gasteiger partial charge in [0, 0.05) is 6.54 Å². The summed E-state index contributed by atoms with van der Waals surface area (Å²) in [5.74, 6) is -1.88. The number of hydrogen-bond donors (Lipinski definition) is 5. The molecule has 0 spiro atoms. The second-order valence-electron chi connectivity index (χ2n) is 8.08. The lowest BCUT2D eigenvalue weighted by molar-refractivity contribution is -0.143. The van der Waals surface area contributed by atoms with Gasteiger partial charge in [0.2, 0.25) is 17.7 Å². The van der Waals surface area contributed by atoms with Crippen molar-refractivity contribution in [3.05, 3.63) is 29.8 Å². The van der Waals surface area contributed by atoms with Gasteiger partial charge in [-0.15, -0.1) is 0 Å². The molecule has 2 rings (SSSR count). The number of rotatable bonds is 11. The molecule has 4 atom stereocenters. The molecule has 0 aliphatic carbocycles. The molecule has 182 valence electrons. The van der Waals surface area contributed by atoms with Crippen LogP contribution in [-0.2, 0) is 25.6 Å². The Balaban J connectivity index is 1.94. The van der Waals surface area contributed by atoms with E-state index >= 15 is 0 Å². The SMILES string of the molecule is CSCCC(NC(=O)C(C)NC(=O)C1CCCN1C(=O)C(N)Cc1ccc(O)cc1)C(=O)O. The van der Waals surface area contributed by atoms with E-state index in [1.54, 1.807) is 12.1 Å². The number of nitrogens with two attached hydrogens (primary N) is 1. The van der Waals surface area contributed by atoms with E-state index in [1.807, 2.05) is 6.26 Å². The number of amides is 3. The van der Waals surface area contributed by atoms with Gasteiger partial charge in [-0.25, -0.2) is 4.79 Å². The molecule has 3 amide bonds. The average molecular weight is 481 g/mol. The van der Waals surface area contributed by atoms with Crippen molar-refractivity contribution in [2.75, 3.05) is 18.6 Å². The summed E-state index contributed by atoms with van der Waals surface area (Å²) in [6.07, 6.45) is 3.45. The molecule has 1 aromatic carbocycles. The van der Waals surface area contributed by atoms with Crippen LogP contribution in [0.4, 0.5) is 0 Å². The van der Waals surface area contributed by atoms with Crippen LogP contribution in [0.3, 0.4) is 0 Å². The Kier molecular flexibility index (Phi) is 9.98. The van der Waals surface area contributed by atoms with Gasteiger partial charge in [0.15, 0.2) is 0 Å². The minimum absolute atomic E-state index is 0.118. The van der Waals surface area contributed by atoms with Crippen LogP contribution in [0.25, 0.3) is 0 Å². The predicted octanol–water partition coefficient (Wildman–Crippen LogP) is 0.0802. The van der Waals surface area contributed by atoms with Gasteiger partial charge in [-0.1, -0.05) is 12.1 Å². The number of benzene rings is 1. The van der Waals surface area contributed by atoms with Crippen LogP contribution in [0.15, 0.2) is 24.3 Å². The lowest BCUT2D eigenvalue weighted by atomic mass is 10.0. The van der Waals surface area contributed by atoms with Crippen molar-refractivity contribution < 1.29 is 29.4 Å². The Morgan fingerprint density at radius 2 is 1.88 bits per heavy atom. The highest BCUT2D eigenvalue weighted by molar-refractivity contribution is 7.98. The van der Waals surface area contributed by atoms with Gasteiger partial charge in [0.25, 0.3) is 0 Å². The molecular formula is C22H32N4O6S. The third-order valence-corrected chi connectivity index (χ3v) is 6.17. The average Bonchev–Trinajstić information content (AvgIpc) is 3.27. The van der Waals surface area contributed by atoms with Crippen molar-refractivity contribution in [3.63, 3.8) is 0 Å². The minimum Gasteiger partial charge on any atom is -0.508 e. The largest absolute Gasteiger partial charge is 0.508 e. The van der Waals surface area contributed by atoms with E-state index in [4.69, 9.17) is 5.73 Å². The number of hydrogen-bond acceptors (Lipinski definition) is 7. The second-order valence-corrected chi connectivity index (χ2v) is 9.06. The van der Waals surface area contributed by atoms with Crippen LogP contribution in [0.5, 0.6) is 5.75 Å². The van der Waals surface area contributed by atoms with Crippen LogP contribution >= 0.6 is 11.8 Å². The molecular weight excluding hydrogens is 448 g/mol. The van der Waals surface area contributed by atoms with E-state index in [2.05, 4.69) is 10.6 Å². The maximum atomic E-state index is 12.9. The molecule has 11 heteroatoms. The van der Waals surface area contributed by atoms with Crippen LogP contribution in [0, 0.1) is 0 Å². The number of aromatic hydroxyl groups is 1. The zero-order valence-corrected chi connectivity index (χ0v) is 19.6. The van der Waals surface area contributed by atoms with Gasteiger partial charge >= 0.3 is 5.97 Å². The van der Waals surface area contributed by atoms with E-state index in [0.29, 0.717) is 25.1 Å². The zero-order valence-electron chi connectivity index (χ0n) is 18.8. The first-order valence-corrected chi connectivity index (χ1v) is 12.2. The number of thioether (sulfide) groups is 1. The van der Waals surface area contributed by atoms with Crippen LogP contribution in [0.2, 0.25) is 0 Å². The van der Waals surface area contributed by atoms with E-state index in [0.717, 1.165) is 5.56 Å². The smallest absolute Gasteiger partial charge is 0.326 e. The first-order valence-electron chi connectivity index (χ1n) is 10.8. The molecule has 10 nitrogen and oxygen atoms in total. The van der Waals surface area contributed by atoms with Gasteiger partial charge in [-0.3, -0.25) is 14.4 Å². The van der Waals surface area contributed by atoms with Gasteiger partial charge < -0.3 is 31.5 Å². The minimum atomic E-state index is -1.13. The molecule has 0 aromatic heterocycles. The number of carboxylic acid groups (broad SMARTS) is 1. The molecule has 1 heterocycles. The van der Waals surface area contributed by atoms with Gasteiger partial charge in [-0.2, -0.15) is 11.8 Å². The van der Waals surface area contributed by atoms with Gasteiger partial charge in [0.05, 0.1) is 6.04 Å². The predicted molar refractivity (Wildman–Crippen MR) is 125 cm³/mol. The Morgan fingerprint density at radius 3 is 2.48 bits per heavy atom. The van der Waals surface area contributed by atoms with E-state index in [9.17, 15) is 29.4 Å². The lowest BCUT2D eigenvalue weighted by Crippen LogP contribution is -2.56. The highest BCUT2D eigenvalue weighted by Gasteiger charge is 2.37. The molecule has 6 N–H and O–H groups in total. The third kappa shape index (κ3) is 7.64. The number of aliphatic carboxylic acids is 1. The highest BCUT2D eigenvalue weighted by Crippen LogP contribution is 2.20. The quantitative estimate of drug-likeness (QED) is 0.297. The monoisotopic (exact) mass is 480 g/mol. The Hall–Kier alpha value is -2.79. The highest BCUT2D eigenvalue weighted by atomic mass is 32.2. The molecule has 1 aliphatic rings. The number of phenols is 1. The van der Waals surface area contributed by atoms with Crippen molar-refractivity contribution in [1.29, 1.82) is 0 Å². The molecule has 4 unspecified atom stereocenters. The van der Waals surface area contributed by atoms with Crippen molar-refractivity contribution in [2.45, 2.75) is 56.8 Å². The maximum absolute atomic E-state index is 12.9. The number of carbonyl (C=O) groups is 4. The summed E-state index contributed by atoms with van der Waals surface area (Å²) < 4.78 is 0. The Labute approximate surface area is 197 Å². The van der Waals surface area contributed by atoms with Crippen LogP contribution < -0.4 is 16.4 Å². The summed E-state index contributed by atoms with van der Waals surface area (Å²) in [7, 11) is 0. The maximum Gasteiger partial charge on any atom is 0.326 e. The van der Waals surface area contributed by atoms with Crippen LogP contribution in [-0.4, -0.2) is 81.5 Å². The number of nitrogens with zero attached hydrogens (tertiary/aromatic N) is 1. The van der Waals surface area contributed by atoms with E-state index in [1.165, 1.54) is 35.7 Å². The van der Waals surface area contributed by atoms with Crippen LogP contribution in [0.1, 0.15) is 31.7 Å². The van der Waals surface area contributed by atoms with E-state index in [-0.39, 0.29) is 24.5 Å². The summed E-state index contributed by atoms with van der Waals surface area (Å²) in [6, 6.07) is 2.80. The summed E-state index contributed by atoms with van der Waals surface area (Å²) in [4.78, 5) is 50.9. The molecule has 0 saturated carbocycles. The third-order valence-electron chi connectivity index (χ3n) is 5.52. The first-order chi connectivity index (χ1) is 15.6. The number of likely N-dealkylation sites (tertiary alicyclic amines) is 1. The molecule has 33 heavy (non-hydrogen) atoms. The summed E-state index contributed by atoms with van der Waals surface area (Å²) in [5.41, 5.74) is 6.88. The standard InChI is InChI=1S/C22H32N4O6S/c1-13(19(28)25-17(22(31)32)9-11-33-2)24-20(29)18-4-3-10-26(18)21(30)16(23)12-14-5-7-15(27)8-6-14/h5-8,13,16-18,27H,3-4,9-12,23H2,1-2H3,(H,24,29)(H,25,28)(H,31,32). The summed E-state index contributed by atoms with van der Waals surface area (Å²) >= 11 is 1.47. The lowest BCUT2D eigenvalue weighted by Gasteiger charge is -2.28. The number of carbonyl (C=O) groups excluding carboxylic acids is 3. The van der Waals surface area contributed by atoms with Gasteiger partial charge in [0.1, 0.15) is 23.9 Å². The number of carboxylic acids is 1. The van der Waals surface area contributed by atoms with E-state index < -0.39 is 42.0 Å². The second kappa shape index (κ2) is 12.4. The van der Waals surface area contributed by atoms with Gasteiger partial charge in [-0.05, 0) is 62.3 Å². The molecule has 0 bridgehead atoms. The fourth-order valence-electron chi connectivity index (χ4n) is 3.65. The first kappa shape index (κ1) is 26.5. The molecule has 1 aliphatic heterocycles. The summed E-state index contributed by atoms with van der Waals surface area (Å²) in [6.45, 7) is 1.86. The molecule has 1 aromatic rings. The Morgan fingerprint density at radius 1 is 1.21 bits per heavy atom. The van der Waals surface area contributed by atoms with Crippen molar-refractivity contribution >= 4 is 35.5 Å². The molecule has 0 radical (unpaired) electrons. The van der Waals surface area contributed by atoms with Crippen molar-refractivity contribution in [1.82, 2.24) is 15.5 Å². The van der Waals surface area contributed by atoms with Crippen molar-refractivity contribution in [2.24, 2.45) is 5.73 Å². The molecule has 1 saturated heterocycles. The zero-order chi connectivity index (χ0) is 24.5. The number of phenolic OH excluding ortho intramolecular Hbond substituents is 1. The Bertz CT molecular complexity index is 850. The fraction of sp³-hybridized carbons (Fsp3) is 0.545. The molecule has 1 fully saturated rings. The number of nitrogens with one attached hydrogen (secondary N) is 2. The normalized spacial score (nSPS) is 18.3. The van der Waals surface area contributed by atoms with Crippen molar-refractivity contribution in [3.8, 4) is 5.75 Å². The topological polar surface area (TPSA) is 162 Å². The summed E-state index contributed by atoms with van der Waals surface area (Å²) in [5, 5.41) is 23.7. The fourth-order valence-corrected chi connectivity index (χ4v) is 4.13.